The third-order valence-electron chi connectivity index (χ3n) is 5.93. The summed E-state index contributed by atoms with van der Waals surface area (Å²) in [6.45, 7) is 1.41. The predicted octanol–water partition coefficient (Wildman–Crippen LogP) is 2.51. The first-order valence-electron chi connectivity index (χ1n) is 9.88. The van der Waals surface area contributed by atoms with Crippen LogP contribution in [0.1, 0.15) is 25.7 Å². The molecule has 1 aliphatic carbocycles. The maximum absolute atomic E-state index is 12.3. The van der Waals surface area contributed by atoms with Crippen LogP contribution in [0.3, 0.4) is 0 Å². The lowest BCUT2D eigenvalue weighted by molar-refractivity contribution is -0.116. The molecule has 3 heterocycles. The molecule has 144 valence electrons. The molecule has 1 N–H and O–H groups in total. The van der Waals surface area contributed by atoms with Crippen molar-refractivity contribution in [3.05, 3.63) is 59.1 Å². The van der Waals surface area contributed by atoms with Crippen LogP contribution >= 0.6 is 0 Å². The minimum absolute atomic E-state index is 0.128. The van der Waals surface area contributed by atoms with Gasteiger partial charge in [0.05, 0.1) is 6.54 Å². The van der Waals surface area contributed by atoms with Gasteiger partial charge in [0.25, 0.3) is 0 Å². The first kappa shape index (κ1) is 17.0. The van der Waals surface area contributed by atoms with Gasteiger partial charge in [0.1, 0.15) is 0 Å². The summed E-state index contributed by atoms with van der Waals surface area (Å²) in [5.74, 6) is 0.726. The van der Waals surface area contributed by atoms with Gasteiger partial charge in [-0.3, -0.25) is 9.20 Å². The van der Waals surface area contributed by atoms with Crippen LogP contribution in [0.25, 0.3) is 5.65 Å². The van der Waals surface area contributed by atoms with E-state index in [0.717, 1.165) is 18.2 Å². The second kappa shape index (κ2) is 6.82. The normalized spacial score (nSPS) is 20.8. The summed E-state index contributed by atoms with van der Waals surface area (Å²) >= 11 is 0. The van der Waals surface area contributed by atoms with Gasteiger partial charge in [-0.05, 0) is 61.6 Å². The van der Waals surface area contributed by atoms with E-state index in [9.17, 15) is 9.59 Å². The van der Waals surface area contributed by atoms with E-state index in [1.165, 1.54) is 34.0 Å². The summed E-state index contributed by atoms with van der Waals surface area (Å²) in [4.78, 5) is 27.0. The number of rotatable bonds is 5. The maximum Gasteiger partial charge on any atom is 0.350 e. The fraction of sp³-hybridized carbons (Fsp3) is 0.381. The maximum atomic E-state index is 12.3. The molecule has 2 aromatic heterocycles. The monoisotopic (exact) mass is 377 g/mol. The van der Waals surface area contributed by atoms with Crippen molar-refractivity contribution in [3.8, 4) is 0 Å². The number of nitrogens with zero attached hydrogens (tertiary/aromatic N) is 4. The number of carbonyl (C=O) groups excluding carboxylic acids is 1. The van der Waals surface area contributed by atoms with Crippen molar-refractivity contribution in [1.29, 1.82) is 0 Å². The van der Waals surface area contributed by atoms with Crippen molar-refractivity contribution in [3.63, 3.8) is 0 Å². The van der Waals surface area contributed by atoms with Gasteiger partial charge in [0, 0.05) is 36.6 Å². The lowest BCUT2D eigenvalue weighted by atomic mass is 10.1. The van der Waals surface area contributed by atoms with Crippen molar-refractivity contribution in [1.82, 2.24) is 14.2 Å². The van der Waals surface area contributed by atoms with Crippen LogP contribution in [-0.4, -0.2) is 32.7 Å². The molecule has 0 unspecified atom stereocenters. The second-order valence-electron chi connectivity index (χ2n) is 7.76. The third kappa shape index (κ3) is 3.06. The number of fused-ring (bicyclic) bond motifs is 3. The van der Waals surface area contributed by atoms with E-state index >= 15 is 0 Å². The zero-order valence-electron chi connectivity index (χ0n) is 15.6. The summed E-state index contributed by atoms with van der Waals surface area (Å²) in [5, 5.41) is 7.16. The molecule has 7 nitrogen and oxygen atoms in total. The fourth-order valence-corrected chi connectivity index (χ4v) is 4.52. The summed E-state index contributed by atoms with van der Waals surface area (Å²) < 4.78 is 2.81. The first-order valence-corrected chi connectivity index (χ1v) is 9.88. The number of piperidine rings is 1. The zero-order valence-corrected chi connectivity index (χ0v) is 15.6. The van der Waals surface area contributed by atoms with E-state index in [1.807, 2.05) is 18.2 Å². The van der Waals surface area contributed by atoms with Gasteiger partial charge in [0.2, 0.25) is 5.91 Å². The van der Waals surface area contributed by atoms with Gasteiger partial charge in [-0.15, -0.1) is 5.10 Å². The average Bonchev–Trinajstić information content (AvgIpc) is 3.42. The van der Waals surface area contributed by atoms with Gasteiger partial charge in [-0.2, -0.15) is 0 Å². The average molecular weight is 377 g/mol. The number of hydrogen-bond donors (Lipinski definition) is 1. The van der Waals surface area contributed by atoms with Crippen molar-refractivity contribution < 1.29 is 4.79 Å². The SMILES string of the molecule is O=C(CCn1nc2ccccn2c1=O)Nc1ccc(N2C[C@H]3CC[C@H]2C3)cc1. The van der Waals surface area contributed by atoms with Crippen LogP contribution in [0.5, 0.6) is 0 Å². The molecule has 2 atom stereocenters. The molecule has 5 rings (SSSR count). The van der Waals surface area contributed by atoms with Gasteiger partial charge in [0.15, 0.2) is 5.65 Å². The van der Waals surface area contributed by atoms with Crippen LogP contribution in [0, 0.1) is 5.92 Å². The van der Waals surface area contributed by atoms with Crippen molar-refractivity contribution in [2.45, 2.75) is 38.3 Å². The fourth-order valence-electron chi connectivity index (χ4n) is 4.52. The van der Waals surface area contributed by atoms with E-state index in [-0.39, 0.29) is 24.6 Å². The molecule has 0 radical (unpaired) electrons. The summed E-state index contributed by atoms with van der Waals surface area (Å²) in [6, 6.07) is 14.2. The number of carbonyl (C=O) groups is 1. The summed E-state index contributed by atoms with van der Waals surface area (Å²) in [5.41, 5.74) is 2.37. The molecule has 1 aromatic carbocycles. The highest BCUT2D eigenvalue weighted by Gasteiger charge is 2.37. The smallest absolute Gasteiger partial charge is 0.350 e. The minimum atomic E-state index is -0.229. The Morgan fingerprint density at radius 3 is 2.71 bits per heavy atom. The Morgan fingerprint density at radius 1 is 1.14 bits per heavy atom. The number of amides is 1. The Labute approximate surface area is 162 Å². The van der Waals surface area contributed by atoms with Crippen LogP contribution in [0.15, 0.2) is 53.5 Å². The van der Waals surface area contributed by atoms with Gasteiger partial charge in [-0.25, -0.2) is 9.48 Å². The van der Waals surface area contributed by atoms with Gasteiger partial charge >= 0.3 is 5.69 Å². The molecule has 2 aliphatic rings. The van der Waals surface area contributed by atoms with E-state index in [0.29, 0.717) is 11.7 Å². The largest absolute Gasteiger partial charge is 0.368 e. The Balaban J connectivity index is 1.20. The van der Waals surface area contributed by atoms with E-state index in [1.54, 1.807) is 18.3 Å². The van der Waals surface area contributed by atoms with E-state index in [4.69, 9.17) is 0 Å². The number of aromatic nitrogens is 3. The number of nitrogens with one attached hydrogen (secondary N) is 1. The van der Waals surface area contributed by atoms with Gasteiger partial charge in [-0.1, -0.05) is 6.07 Å². The number of anilines is 2. The Kier molecular flexibility index (Phi) is 4.15. The van der Waals surface area contributed by atoms with Crippen LogP contribution < -0.4 is 15.9 Å². The van der Waals surface area contributed by atoms with E-state index in [2.05, 4.69) is 27.4 Å². The molecule has 2 fully saturated rings. The van der Waals surface area contributed by atoms with Crippen LogP contribution in [-0.2, 0) is 11.3 Å². The highest BCUT2D eigenvalue weighted by atomic mass is 16.2. The molecule has 3 aromatic rings. The standard InChI is InChI=1S/C21H23N5O2/c27-20(10-12-26-21(28)24-11-2-1-3-19(24)23-26)22-16-5-8-17(9-6-16)25-14-15-4-7-18(25)13-15/h1-3,5-6,8-9,11,15,18H,4,7,10,12-14H2,(H,22,27)/t15-,18-/m0/s1. The molecule has 1 saturated carbocycles. The number of benzene rings is 1. The van der Waals surface area contributed by atoms with Crippen LogP contribution in [0.4, 0.5) is 11.4 Å². The van der Waals surface area contributed by atoms with Crippen molar-refractivity contribution in [2.24, 2.45) is 5.92 Å². The zero-order chi connectivity index (χ0) is 19.1. The molecule has 7 heteroatoms. The molecule has 1 aliphatic heterocycles. The second-order valence-corrected chi connectivity index (χ2v) is 7.76. The molecule has 28 heavy (non-hydrogen) atoms. The topological polar surface area (TPSA) is 71.6 Å². The third-order valence-corrected chi connectivity index (χ3v) is 5.93. The molecule has 2 bridgehead atoms. The molecule has 1 saturated heterocycles. The summed E-state index contributed by atoms with van der Waals surface area (Å²) in [6.07, 6.45) is 5.85. The van der Waals surface area contributed by atoms with Crippen molar-refractivity contribution >= 4 is 22.9 Å². The van der Waals surface area contributed by atoms with Crippen LogP contribution in [0.2, 0.25) is 0 Å². The Hall–Kier alpha value is -3.09. The molecular formula is C21H23N5O2. The number of hydrogen-bond acceptors (Lipinski definition) is 4. The molecule has 1 amide bonds. The van der Waals surface area contributed by atoms with Gasteiger partial charge < -0.3 is 10.2 Å². The lowest BCUT2D eigenvalue weighted by Crippen LogP contribution is -2.31. The first-order chi connectivity index (χ1) is 13.7. The number of pyridine rings is 1. The Morgan fingerprint density at radius 2 is 2.00 bits per heavy atom. The minimum Gasteiger partial charge on any atom is -0.368 e. The van der Waals surface area contributed by atoms with E-state index < -0.39 is 0 Å². The predicted molar refractivity (Wildman–Crippen MR) is 108 cm³/mol. The highest BCUT2D eigenvalue weighted by Crippen LogP contribution is 2.40. The lowest BCUT2D eigenvalue weighted by Gasteiger charge is -2.29. The molecular weight excluding hydrogens is 354 g/mol. The quantitative estimate of drug-likeness (QED) is 0.742. The number of aryl methyl sites for hydroxylation is 1. The Bertz CT molecular complexity index is 1070. The summed E-state index contributed by atoms with van der Waals surface area (Å²) in [7, 11) is 0. The molecule has 0 spiro atoms. The highest BCUT2D eigenvalue weighted by molar-refractivity contribution is 5.90. The van der Waals surface area contributed by atoms with Crippen molar-refractivity contribution in [2.75, 3.05) is 16.8 Å².